The molecule has 2 aromatic carbocycles. The normalized spacial score (nSPS) is 15.9. The van der Waals surface area contributed by atoms with Gasteiger partial charge in [-0.3, -0.25) is 9.69 Å². The highest BCUT2D eigenvalue weighted by Crippen LogP contribution is 2.31. The van der Waals surface area contributed by atoms with Crippen molar-refractivity contribution >= 4 is 32.6 Å². The van der Waals surface area contributed by atoms with Crippen LogP contribution in [0.1, 0.15) is 29.2 Å². The second-order valence-corrected chi connectivity index (χ2v) is 8.39. The molecule has 2 aromatic heterocycles. The van der Waals surface area contributed by atoms with Crippen molar-refractivity contribution in [3.8, 4) is 5.75 Å². The lowest BCUT2D eigenvalue weighted by Crippen LogP contribution is -2.37. The highest BCUT2D eigenvalue weighted by molar-refractivity contribution is 7.22. The molecule has 1 fully saturated rings. The molecule has 7 heteroatoms. The number of carbonyl (C=O) groups is 1. The molecule has 5 rings (SSSR count). The Balaban J connectivity index is 1.37. The van der Waals surface area contributed by atoms with Crippen molar-refractivity contribution in [3.05, 3.63) is 78.3 Å². The number of ether oxygens (including phenoxy) is 2. The first-order chi connectivity index (χ1) is 15.3. The topological polar surface area (TPSA) is 64.8 Å². The fourth-order valence-electron chi connectivity index (χ4n) is 3.59. The van der Waals surface area contributed by atoms with Gasteiger partial charge in [0.25, 0.3) is 5.91 Å². The highest BCUT2D eigenvalue weighted by atomic mass is 32.1. The quantitative estimate of drug-likeness (QED) is 0.395. The Kier molecular flexibility index (Phi) is 5.69. The van der Waals surface area contributed by atoms with Crippen molar-refractivity contribution in [2.24, 2.45) is 0 Å². The van der Waals surface area contributed by atoms with Crippen molar-refractivity contribution in [2.45, 2.75) is 25.6 Å². The molecule has 1 saturated heterocycles. The van der Waals surface area contributed by atoms with E-state index in [1.54, 1.807) is 17.0 Å². The lowest BCUT2D eigenvalue weighted by Gasteiger charge is -2.22. The third-order valence-electron chi connectivity index (χ3n) is 5.17. The number of anilines is 1. The molecule has 31 heavy (non-hydrogen) atoms. The summed E-state index contributed by atoms with van der Waals surface area (Å²) in [6, 6.07) is 20.9. The van der Waals surface area contributed by atoms with Crippen LogP contribution in [0.2, 0.25) is 0 Å². The van der Waals surface area contributed by atoms with Gasteiger partial charge >= 0.3 is 0 Å². The zero-order valence-corrected chi connectivity index (χ0v) is 17.7. The number of furan rings is 1. The standard InChI is InChI=1S/C24H22N2O4S/c27-23(21-13-12-19(30-21)16-29-17-7-2-1-3-8-17)26(15-18-9-6-14-28-18)24-25-20-10-4-5-11-22(20)31-24/h1-5,7-8,10-13,18H,6,9,14-16H2. The van der Waals surface area contributed by atoms with Gasteiger partial charge in [-0.1, -0.05) is 41.7 Å². The molecule has 3 heterocycles. The summed E-state index contributed by atoms with van der Waals surface area (Å²) < 4.78 is 18.4. The van der Waals surface area contributed by atoms with Crippen molar-refractivity contribution < 1.29 is 18.7 Å². The van der Waals surface area contributed by atoms with Gasteiger partial charge in [0.15, 0.2) is 10.9 Å². The number of aromatic nitrogens is 1. The Hall–Kier alpha value is -3.16. The van der Waals surface area contributed by atoms with E-state index in [0.29, 0.717) is 17.4 Å². The second-order valence-electron chi connectivity index (χ2n) is 7.38. The summed E-state index contributed by atoms with van der Waals surface area (Å²) in [5.74, 6) is 1.39. The van der Waals surface area contributed by atoms with Crippen LogP contribution < -0.4 is 9.64 Å². The summed E-state index contributed by atoms with van der Waals surface area (Å²) in [5, 5.41) is 0.653. The predicted molar refractivity (Wildman–Crippen MR) is 120 cm³/mol. The van der Waals surface area contributed by atoms with E-state index in [4.69, 9.17) is 13.9 Å². The molecule has 1 amide bonds. The summed E-state index contributed by atoms with van der Waals surface area (Å²) in [6.45, 7) is 1.44. The van der Waals surface area contributed by atoms with Gasteiger partial charge in [-0.25, -0.2) is 4.98 Å². The molecule has 0 radical (unpaired) electrons. The van der Waals surface area contributed by atoms with Crippen LogP contribution in [-0.2, 0) is 11.3 Å². The van der Waals surface area contributed by atoms with Gasteiger partial charge in [0.1, 0.15) is 18.1 Å². The van der Waals surface area contributed by atoms with Crippen LogP contribution in [0.4, 0.5) is 5.13 Å². The predicted octanol–water partition coefficient (Wildman–Crippen LogP) is 5.29. The van der Waals surface area contributed by atoms with Gasteiger partial charge in [-0.15, -0.1) is 0 Å². The molecule has 6 nitrogen and oxygen atoms in total. The van der Waals surface area contributed by atoms with Crippen LogP contribution in [-0.4, -0.2) is 30.1 Å². The summed E-state index contributed by atoms with van der Waals surface area (Å²) in [4.78, 5) is 19.8. The van der Waals surface area contributed by atoms with Gasteiger partial charge in [-0.05, 0) is 49.2 Å². The minimum atomic E-state index is -0.222. The van der Waals surface area contributed by atoms with E-state index < -0.39 is 0 Å². The number of nitrogens with zero attached hydrogens (tertiary/aromatic N) is 2. The minimum Gasteiger partial charge on any atom is -0.486 e. The maximum Gasteiger partial charge on any atom is 0.295 e. The summed E-state index contributed by atoms with van der Waals surface area (Å²) in [6.07, 6.45) is 1.95. The lowest BCUT2D eigenvalue weighted by atomic mass is 10.2. The number of hydrogen-bond donors (Lipinski definition) is 0. The number of benzene rings is 2. The second kappa shape index (κ2) is 8.91. The maximum absolute atomic E-state index is 13.4. The largest absolute Gasteiger partial charge is 0.486 e. The smallest absolute Gasteiger partial charge is 0.295 e. The van der Waals surface area contributed by atoms with Gasteiger partial charge in [0, 0.05) is 6.61 Å². The molecule has 0 spiro atoms. The van der Waals surface area contributed by atoms with E-state index in [2.05, 4.69) is 4.98 Å². The molecule has 1 aliphatic rings. The highest BCUT2D eigenvalue weighted by Gasteiger charge is 2.28. The van der Waals surface area contributed by atoms with E-state index in [1.165, 1.54) is 11.3 Å². The van der Waals surface area contributed by atoms with Crippen LogP contribution in [0.25, 0.3) is 10.2 Å². The van der Waals surface area contributed by atoms with Gasteiger partial charge < -0.3 is 13.9 Å². The minimum absolute atomic E-state index is 0.00630. The Morgan fingerprint density at radius 2 is 1.94 bits per heavy atom. The molecule has 4 aromatic rings. The van der Waals surface area contributed by atoms with Crippen LogP contribution in [0.15, 0.2) is 71.1 Å². The SMILES string of the molecule is O=C(c1ccc(COc2ccccc2)o1)N(CC1CCCO1)c1nc2ccccc2s1. The molecular formula is C24H22N2O4S. The van der Waals surface area contributed by atoms with Crippen molar-refractivity contribution in [1.82, 2.24) is 4.98 Å². The molecule has 0 N–H and O–H groups in total. The first-order valence-corrected chi connectivity index (χ1v) is 11.1. The maximum atomic E-state index is 13.4. The fourth-order valence-corrected chi connectivity index (χ4v) is 4.56. The Morgan fingerprint density at radius 1 is 1.10 bits per heavy atom. The van der Waals surface area contributed by atoms with Gasteiger partial charge in [-0.2, -0.15) is 0 Å². The van der Waals surface area contributed by atoms with Crippen molar-refractivity contribution in [2.75, 3.05) is 18.1 Å². The number of hydrogen-bond acceptors (Lipinski definition) is 6. The summed E-state index contributed by atoms with van der Waals surface area (Å²) >= 11 is 1.50. The van der Waals surface area contributed by atoms with Gasteiger partial charge in [0.2, 0.25) is 0 Å². The zero-order valence-electron chi connectivity index (χ0n) is 16.9. The zero-order chi connectivity index (χ0) is 21.0. The van der Waals surface area contributed by atoms with E-state index in [-0.39, 0.29) is 24.4 Å². The number of thiazole rings is 1. The third-order valence-corrected chi connectivity index (χ3v) is 6.22. The van der Waals surface area contributed by atoms with Gasteiger partial charge in [0.05, 0.1) is 22.9 Å². The monoisotopic (exact) mass is 434 g/mol. The number of carbonyl (C=O) groups excluding carboxylic acids is 1. The summed E-state index contributed by atoms with van der Waals surface area (Å²) in [5.41, 5.74) is 0.879. The molecule has 0 aliphatic carbocycles. The van der Waals surface area contributed by atoms with E-state index in [1.807, 2.05) is 54.6 Å². The number of rotatable bonds is 7. The Bertz CT molecular complexity index is 1130. The lowest BCUT2D eigenvalue weighted by molar-refractivity contribution is 0.0891. The number of para-hydroxylation sites is 2. The fraction of sp³-hybridized carbons (Fsp3) is 0.250. The average Bonchev–Trinajstić information content (AvgIpc) is 3.57. The van der Waals surface area contributed by atoms with E-state index in [9.17, 15) is 4.79 Å². The van der Waals surface area contributed by atoms with Crippen LogP contribution in [0, 0.1) is 0 Å². The molecule has 1 unspecified atom stereocenters. The van der Waals surface area contributed by atoms with E-state index in [0.717, 1.165) is 35.4 Å². The molecular weight excluding hydrogens is 412 g/mol. The first kappa shape index (κ1) is 19.8. The van der Waals surface area contributed by atoms with Crippen LogP contribution >= 0.6 is 11.3 Å². The molecule has 0 saturated carbocycles. The van der Waals surface area contributed by atoms with Crippen LogP contribution in [0.5, 0.6) is 5.75 Å². The summed E-state index contributed by atoms with van der Waals surface area (Å²) in [7, 11) is 0. The average molecular weight is 435 g/mol. The number of fused-ring (bicyclic) bond motifs is 1. The van der Waals surface area contributed by atoms with Crippen molar-refractivity contribution in [3.63, 3.8) is 0 Å². The Labute approximate surface area is 184 Å². The molecule has 0 bridgehead atoms. The third kappa shape index (κ3) is 4.47. The Morgan fingerprint density at radius 3 is 2.74 bits per heavy atom. The molecule has 1 atom stereocenters. The number of amides is 1. The van der Waals surface area contributed by atoms with E-state index >= 15 is 0 Å². The van der Waals surface area contributed by atoms with Crippen molar-refractivity contribution in [1.29, 1.82) is 0 Å². The molecule has 1 aliphatic heterocycles. The van der Waals surface area contributed by atoms with Crippen LogP contribution in [0.3, 0.4) is 0 Å². The first-order valence-electron chi connectivity index (χ1n) is 10.3. The molecule has 158 valence electrons.